The first kappa shape index (κ1) is 12.0. The van der Waals surface area contributed by atoms with E-state index in [0.717, 1.165) is 19.0 Å². The summed E-state index contributed by atoms with van der Waals surface area (Å²) in [6.45, 7) is 8.90. The molecule has 14 heavy (non-hydrogen) atoms. The van der Waals surface area contributed by atoms with Crippen LogP contribution < -0.4 is 5.32 Å². The highest BCUT2D eigenvalue weighted by molar-refractivity contribution is 4.71. The van der Waals surface area contributed by atoms with Gasteiger partial charge in [0.25, 0.3) is 0 Å². The molecule has 0 aromatic carbocycles. The molecule has 1 saturated heterocycles. The third kappa shape index (κ3) is 4.43. The van der Waals surface area contributed by atoms with Crippen LogP contribution in [0.5, 0.6) is 0 Å². The third-order valence-electron chi connectivity index (χ3n) is 3.04. The lowest BCUT2D eigenvalue weighted by atomic mass is 10.0. The highest BCUT2D eigenvalue weighted by Crippen LogP contribution is 2.23. The summed E-state index contributed by atoms with van der Waals surface area (Å²) in [5, 5.41) is 3.39. The summed E-state index contributed by atoms with van der Waals surface area (Å²) < 4.78 is 5.80. The second-order valence-corrected chi connectivity index (χ2v) is 4.64. The maximum absolute atomic E-state index is 5.80. The van der Waals surface area contributed by atoms with Crippen LogP contribution in [0.15, 0.2) is 0 Å². The van der Waals surface area contributed by atoms with E-state index in [-0.39, 0.29) is 0 Å². The molecule has 0 aromatic rings. The van der Waals surface area contributed by atoms with Crippen molar-refractivity contribution in [1.29, 1.82) is 0 Å². The predicted molar refractivity (Wildman–Crippen MR) is 60.5 cm³/mol. The first-order chi connectivity index (χ1) is 6.72. The largest absolute Gasteiger partial charge is 0.375 e. The van der Waals surface area contributed by atoms with Crippen molar-refractivity contribution in [2.45, 2.75) is 58.7 Å². The Hall–Kier alpha value is -0.0800. The summed E-state index contributed by atoms with van der Waals surface area (Å²) in [5.74, 6) is 0.787. The first-order valence-corrected chi connectivity index (χ1v) is 6.08. The first-order valence-electron chi connectivity index (χ1n) is 6.08. The van der Waals surface area contributed by atoms with E-state index in [9.17, 15) is 0 Å². The highest BCUT2D eigenvalue weighted by Gasteiger charge is 2.21. The van der Waals surface area contributed by atoms with Gasteiger partial charge in [-0.05, 0) is 51.6 Å². The van der Waals surface area contributed by atoms with E-state index in [4.69, 9.17) is 4.74 Å². The van der Waals surface area contributed by atoms with Crippen LogP contribution >= 0.6 is 0 Å². The zero-order valence-corrected chi connectivity index (χ0v) is 9.88. The van der Waals surface area contributed by atoms with Crippen LogP contribution in [-0.4, -0.2) is 25.3 Å². The Kier molecular flexibility index (Phi) is 5.49. The van der Waals surface area contributed by atoms with E-state index in [0.29, 0.717) is 12.2 Å². The van der Waals surface area contributed by atoms with Crippen LogP contribution in [-0.2, 0) is 4.74 Å². The fourth-order valence-electron chi connectivity index (χ4n) is 2.06. The molecular weight excluding hydrogens is 174 g/mol. The van der Waals surface area contributed by atoms with Gasteiger partial charge in [-0.2, -0.15) is 0 Å². The standard InChI is InChI=1S/C12H25NO/c1-4-13-9-10(2)5-7-12-8-6-11(3)14-12/h10-13H,4-9H2,1-3H3. The van der Waals surface area contributed by atoms with Crippen molar-refractivity contribution in [3.8, 4) is 0 Å². The van der Waals surface area contributed by atoms with E-state index in [1.165, 1.54) is 25.7 Å². The summed E-state index contributed by atoms with van der Waals surface area (Å²) in [4.78, 5) is 0. The molecule has 2 nitrogen and oxygen atoms in total. The summed E-state index contributed by atoms with van der Waals surface area (Å²) in [6, 6.07) is 0. The van der Waals surface area contributed by atoms with Gasteiger partial charge in [0.05, 0.1) is 12.2 Å². The minimum absolute atomic E-state index is 0.504. The van der Waals surface area contributed by atoms with E-state index in [1.807, 2.05) is 0 Å². The maximum atomic E-state index is 5.80. The Balaban J connectivity index is 2.02. The molecule has 84 valence electrons. The Morgan fingerprint density at radius 3 is 2.79 bits per heavy atom. The Labute approximate surface area is 88.4 Å². The second-order valence-electron chi connectivity index (χ2n) is 4.64. The molecule has 1 heterocycles. The molecule has 0 saturated carbocycles. The summed E-state index contributed by atoms with van der Waals surface area (Å²) in [6.07, 6.45) is 6.13. The third-order valence-corrected chi connectivity index (χ3v) is 3.04. The quantitative estimate of drug-likeness (QED) is 0.710. The lowest BCUT2D eigenvalue weighted by molar-refractivity contribution is 0.0475. The molecule has 2 heteroatoms. The van der Waals surface area contributed by atoms with Crippen molar-refractivity contribution < 1.29 is 4.74 Å². The predicted octanol–water partition coefficient (Wildman–Crippen LogP) is 2.58. The average Bonchev–Trinajstić information content (AvgIpc) is 2.58. The zero-order valence-electron chi connectivity index (χ0n) is 9.88. The fourth-order valence-corrected chi connectivity index (χ4v) is 2.06. The van der Waals surface area contributed by atoms with Gasteiger partial charge in [-0.15, -0.1) is 0 Å². The Morgan fingerprint density at radius 1 is 1.43 bits per heavy atom. The van der Waals surface area contributed by atoms with Gasteiger partial charge in [0.2, 0.25) is 0 Å². The van der Waals surface area contributed by atoms with Crippen LogP contribution in [0.1, 0.15) is 46.5 Å². The van der Waals surface area contributed by atoms with Crippen LogP contribution in [0.4, 0.5) is 0 Å². The number of hydrogen-bond donors (Lipinski definition) is 1. The van der Waals surface area contributed by atoms with Gasteiger partial charge in [-0.1, -0.05) is 13.8 Å². The Morgan fingerprint density at radius 2 is 2.21 bits per heavy atom. The molecule has 1 N–H and O–H groups in total. The molecule has 0 radical (unpaired) electrons. The van der Waals surface area contributed by atoms with Gasteiger partial charge < -0.3 is 10.1 Å². The van der Waals surface area contributed by atoms with Crippen LogP contribution in [0.25, 0.3) is 0 Å². The van der Waals surface area contributed by atoms with Crippen molar-refractivity contribution in [2.75, 3.05) is 13.1 Å². The molecule has 1 rings (SSSR count). The SMILES string of the molecule is CCNCC(C)CCC1CCC(C)O1. The van der Waals surface area contributed by atoms with Gasteiger partial charge >= 0.3 is 0 Å². The fraction of sp³-hybridized carbons (Fsp3) is 1.00. The lowest BCUT2D eigenvalue weighted by Gasteiger charge is -2.15. The van der Waals surface area contributed by atoms with Crippen LogP contribution in [0.3, 0.4) is 0 Å². The minimum atomic E-state index is 0.504. The number of rotatable bonds is 6. The van der Waals surface area contributed by atoms with Gasteiger partial charge in [-0.3, -0.25) is 0 Å². The topological polar surface area (TPSA) is 21.3 Å². The average molecular weight is 199 g/mol. The van der Waals surface area contributed by atoms with Gasteiger partial charge in [0.15, 0.2) is 0 Å². The Bertz CT molecular complexity index is 149. The molecule has 0 amide bonds. The smallest absolute Gasteiger partial charge is 0.0579 e. The van der Waals surface area contributed by atoms with E-state index < -0.39 is 0 Å². The normalized spacial score (nSPS) is 29.4. The van der Waals surface area contributed by atoms with E-state index >= 15 is 0 Å². The highest BCUT2D eigenvalue weighted by atomic mass is 16.5. The summed E-state index contributed by atoms with van der Waals surface area (Å²) >= 11 is 0. The van der Waals surface area contributed by atoms with Crippen molar-refractivity contribution in [3.05, 3.63) is 0 Å². The molecule has 0 aliphatic carbocycles. The van der Waals surface area contributed by atoms with E-state index in [2.05, 4.69) is 26.1 Å². The van der Waals surface area contributed by atoms with Crippen LogP contribution in [0, 0.1) is 5.92 Å². The second kappa shape index (κ2) is 6.41. The number of nitrogens with one attached hydrogen (secondary N) is 1. The molecule has 3 unspecified atom stereocenters. The van der Waals surface area contributed by atoms with Crippen molar-refractivity contribution >= 4 is 0 Å². The molecule has 0 bridgehead atoms. The van der Waals surface area contributed by atoms with E-state index in [1.54, 1.807) is 0 Å². The van der Waals surface area contributed by atoms with Gasteiger partial charge in [0.1, 0.15) is 0 Å². The molecule has 1 aliphatic rings. The summed E-state index contributed by atoms with van der Waals surface area (Å²) in [5.41, 5.74) is 0. The zero-order chi connectivity index (χ0) is 10.4. The molecule has 1 aliphatic heterocycles. The summed E-state index contributed by atoms with van der Waals surface area (Å²) in [7, 11) is 0. The molecule has 0 spiro atoms. The van der Waals surface area contributed by atoms with Gasteiger partial charge in [0, 0.05) is 0 Å². The van der Waals surface area contributed by atoms with Gasteiger partial charge in [-0.25, -0.2) is 0 Å². The van der Waals surface area contributed by atoms with Crippen LogP contribution in [0.2, 0.25) is 0 Å². The molecule has 0 aromatic heterocycles. The molecule has 3 atom stereocenters. The van der Waals surface area contributed by atoms with Crippen molar-refractivity contribution in [3.63, 3.8) is 0 Å². The number of hydrogen-bond acceptors (Lipinski definition) is 2. The van der Waals surface area contributed by atoms with Crippen molar-refractivity contribution in [2.24, 2.45) is 5.92 Å². The number of ether oxygens (including phenoxy) is 1. The minimum Gasteiger partial charge on any atom is -0.375 e. The monoisotopic (exact) mass is 199 g/mol. The maximum Gasteiger partial charge on any atom is 0.0579 e. The molecular formula is C12H25NO. The molecule has 1 fully saturated rings. The lowest BCUT2D eigenvalue weighted by Crippen LogP contribution is -2.21. The van der Waals surface area contributed by atoms with Crippen molar-refractivity contribution in [1.82, 2.24) is 5.32 Å².